The Hall–Kier alpha value is -2.41. The number of hydrogen-bond donors (Lipinski definition) is 3. The van der Waals surface area contributed by atoms with E-state index in [0.717, 1.165) is 31.4 Å². The standard InChI is InChI=1S/C6H14O.3C3H4O2/c1-3-5-6-7-4-2;3*1-2-3(4)5/h3-6H2,1-2H3;3*2H,1H2,(H,4,5). The Morgan fingerprint density at radius 3 is 1.27 bits per heavy atom. The molecule has 22 heavy (non-hydrogen) atoms. The lowest BCUT2D eigenvalue weighted by Crippen LogP contribution is -1.90. The van der Waals surface area contributed by atoms with Crippen LogP contribution >= 0.6 is 0 Å². The van der Waals surface area contributed by atoms with Gasteiger partial charge in [0.2, 0.25) is 0 Å². The van der Waals surface area contributed by atoms with Gasteiger partial charge in [-0.05, 0) is 13.3 Å². The van der Waals surface area contributed by atoms with E-state index in [1.54, 1.807) is 0 Å². The quantitative estimate of drug-likeness (QED) is 0.487. The van der Waals surface area contributed by atoms with Gasteiger partial charge >= 0.3 is 17.9 Å². The molecule has 0 aromatic heterocycles. The fraction of sp³-hybridized carbons (Fsp3) is 0.400. The molecular weight excluding hydrogens is 292 g/mol. The van der Waals surface area contributed by atoms with Crippen molar-refractivity contribution in [1.82, 2.24) is 0 Å². The number of hydrogen-bond acceptors (Lipinski definition) is 4. The van der Waals surface area contributed by atoms with Crippen molar-refractivity contribution in [2.75, 3.05) is 13.2 Å². The molecule has 0 saturated carbocycles. The molecule has 0 aliphatic carbocycles. The Labute approximate surface area is 131 Å². The first-order valence-corrected chi connectivity index (χ1v) is 6.37. The molecule has 0 amide bonds. The third kappa shape index (κ3) is 84.0. The molecule has 3 N–H and O–H groups in total. The zero-order valence-corrected chi connectivity index (χ0v) is 13.2. The molecule has 0 unspecified atom stereocenters. The van der Waals surface area contributed by atoms with E-state index in [2.05, 4.69) is 26.7 Å². The highest BCUT2D eigenvalue weighted by atomic mass is 16.5. The number of aliphatic carboxylic acids is 3. The lowest BCUT2D eigenvalue weighted by Gasteiger charge is -1.94. The largest absolute Gasteiger partial charge is 0.478 e. The number of unbranched alkanes of at least 4 members (excludes halogenated alkanes) is 1. The Balaban J connectivity index is -0.0000000995. The molecule has 0 aliphatic heterocycles. The predicted molar refractivity (Wildman–Crippen MR) is 84.9 cm³/mol. The van der Waals surface area contributed by atoms with Crippen molar-refractivity contribution in [3.05, 3.63) is 38.0 Å². The summed E-state index contributed by atoms with van der Waals surface area (Å²) in [6, 6.07) is 0. The minimum Gasteiger partial charge on any atom is -0.478 e. The Kier molecular flexibility index (Phi) is 34.2. The lowest BCUT2D eigenvalue weighted by molar-refractivity contribution is -0.132. The monoisotopic (exact) mass is 318 g/mol. The Bertz CT molecular complexity index is 275. The number of rotatable bonds is 7. The van der Waals surface area contributed by atoms with Crippen LogP contribution in [0.1, 0.15) is 26.7 Å². The van der Waals surface area contributed by atoms with E-state index in [-0.39, 0.29) is 0 Å². The van der Waals surface area contributed by atoms with Gasteiger partial charge < -0.3 is 20.1 Å². The molecule has 7 nitrogen and oxygen atoms in total. The van der Waals surface area contributed by atoms with E-state index in [0.29, 0.717) is 0 Å². The van der Waals surface area contributed by atoms with Crippen LogP contribution in [0.3, 0.4) is 0 Å². The zero-order chi connectivity index (χ0) is 18.4. The van der Waals surface area contributed by atoms with Gasteiger partial charge in [0.25, 0.3) is 0 Å². The van der Waals surface area contributed by atoms with Crippen LogP contribution in [0.25, 0.3) is 0 Å². The third-order valence-corrected chi connectivity index (χ3v) is 1.37. The van der Waals surface area contributed by atoms with Crippen LogP contribution in [0.5, 0.6) is 0 Å². The van der Waals surface area contributed by atoms with Gasteiger partial charge in [-0.2, -0.15) is 0 Å². The van der Waals surface area contributed by atoms with E-state index >= 15 is 0 Å². The number of carboxylic acids is 3. The second-order valence-corrected chi connectivity index (χ2v) is 3.18. The van der Waals surface area contributed by atoms with Crippen molar-refractivity contribution >= 4 is 17.9 Å². The predicted octanol–water partition coefficient (Wildman–Crippen LogP) is 2.59. The van der Waals surface area contributed by atoms with Gasteiger partial charge in [-0.25, -0.2) is 14.4 Å². The molecule has 128 valence electrons. The summed E-state index contributed by atoms with van der Waals surface area (Å²) < 4.78 is 5.07. The van der Waals surface area contributed by atoms with E-state index in [9.17, 15) is 14.4 Å². The lowest BCUT2D eigenvalue weighted by atomic mass is 10.4. The summed E-state index contributed by atoms with van der Waals surface area (Å²) in [4.78, 5) is 27.8. The summed E-state index contributed by atoms with van der Waals surface area (Å²) in [5.74, 6) is -2.94. The fourth-order valence-electron chi connectivity index (χ4n) is 0.391. The van der Waals surface area contributed by atoms with Crippen LogP contribution in [0.15, 0.2) is 38.0 Å². The summed E-state index contributed by atoms with van der Waals surface area (Å²) >= 11 is 0. The average Bonchev–Trinajstić information content (AvgIpc) is 2.49. The second kappa shape index (κ2) is 27.0. The SMILES string of the molecule is C=CC(=O)O.C=CC(=O)O.C=CC(=O)O.CCCCOCC. The van der Waals surface area contributed by atoms with Gasteiger partial charge in [0.1, 0.15) is 0 Å². The minimum atomic E-state index is -0.981. The highest BCUT2D eigenvalue weighted by Gasteiger charge is 1.78. The molecule has 0 bridgehead atoms. The zero-order valence-electron chi connectivity index (χ0n) is 13.2. The van der Waals surface area contributed by atoms with Gasteiger partial charge in [0.15, 0.2) is 0 Å². The Morgan fingerprint density at radius 2 is 1.14 bits per heavy atom. The summed E-state index contributed by atoms with van der Waals surface area (Å²) in [5.41, 5.74) is 0. The van der Waals surface area contributed by atoms with E-state index < -0.39 is 17.9 Å². The minimum absolute atomic E-state index is 0.833. The number of carboxylic acid groups (broad SMARTS) is 3. The molecule has 0 rings (SSSR count). The molecule has 0 aromatic rings. The Morgan fingerprint density at radius 1 is 0.864 bits per heavy atom. The molecule has 0 fully saturated rings. The van der Waals surface area contributed by atoms with Crippen molar-refractivity contribution < 1.29 is 34.4 Å². The average molecular weight is 318 g/mol. The van der Waals surface area contributed by atoms with Gasteiger partial charge in [-0.3, -0.25) is 0 Å². The third-order valence-electron chi connectivity index (χ3n) is 1.37. The maximum atomic E-state index is 9.25. The summed E-state index contributed by atoms with van der Waals surface area (Å²) in [6.45, 7) is 14.9. The summed E-state index contributed by atoms with van der Waals surface area (Å²) in [7, 11) is 0. The smallest absolute Gasteiger partial charge is 0.327 e. The molecule has 0 heterocycles. The molecule has 0 aliphatic rings. The number of ether oxygens (including phenoxy) is 1. The molecule has 7 heteroatoms. The highest BCUT2D eigenvalue weighted by molar-refractivity contribution is 5.79. The van der Waals surface area contributed by atoms with Gasteiger partial charge in [0.05, 0.1) is 0 Å². The van der Waals surface area contributed by atoms with Crippen molar-refractivity contribution in [1.29, 1.82) is 0 Å². The van der Waals surface area contributed by atoms with Crippen molar-refractivity contribution in [3.8, 4) is 0 Å². The van der Waals surface area contributed by atoms with E-state index in [4.69, 9.17) is 20.1 Å². The van der Waals surface area contributed by atoms with Crippen LogP contribution in [0.4, 0.5) is 0 Å². The normalized spacial score (nSPS) is 7.36. The maximum Gasteiger partial charge on any atom is 0.327 e. The molecule has 0 saturated heterocycles. The maximum absolute atomic E-state index is 9.25. The fourth-order valence-corrected chi connectivity index (χ4v) is 0.391. The van der Waals surface area contributed by atoms with Gasteiger partial charge in [0, 0.05) is 31.4 Å². The molecule has 0 aromatic carbocycles. The van der Waals surface area contributed by atoms with Crippen LogP contribution in [-0.4, -0.2) is 46.4 Å². The molecule has 0 atom stereocenters. The van der Waals surface area contributed by atoms with Crippen LogP contribution in [-0.2, 0) is 19.1 Å². The van der Waals surface area contributed by atoms with Crippen LogP contribution in [0, 0.1) is 0 Å². The van der Waals surface area contributed by atoms with Crippen molar-refractivity contribution in [2.45, 2.75) is 26.7 Å². The highest BCUT2D eigenvalue weighted by Crippen LogP contribution is 1.85. The van der Waals surface area contributed by atoms with Crippen molar-refractivity contribution in [2.24, 2.45) is 0 Å². The van der Waals surface area contributed by atoms with Gasteiger partial charge in [-0.15, -0.1) is 0 Å². The molecule has 0 spiro atoms. The first-order chi connectivity index (χ1) is 10.2. The summed E-state index contributed by atoms with van der Waals surface area (Å²) in [6.07, 6.45) is 4.94. The first-order valence-electron chi connectivity index (χ1n) is 6.37. The topological polar surface area (TPSA) is 121 Å². The first kappa shape index (κ1) is 27.9. The summed E-state index contributed by atoms with van der Waals surface area (Å²) in [5, 5.41) is 22.8. The van der Waals surface area contributed by atoms with Crippen LogP contribution < -0.4 is 0 Å². The number of carbonyl (C=O) groups is 3. The van der Waals surface area contributed by atoms with E-state index in [1.165, 1.54) is 12.8 Å². The molecule has 0 radical (unpaired) electrons. The van der Waals surface area contributed by atoms with E-state index in [1.807, 2.05) is 6.92 Å². The van der Waals surface area contributed by atoms with Gasteiger partial charge in [-0.1, -0.05) is 33.1 Å². The van der Waals surface area contributed by atoms with Crippen LogP contribution in [0.2, 0.25) is 0 Å². The van der Waals surface area contributed by atoms with Crippen molar-refractivity contribution in [3.63, 3.8) is 0 Å². The molecular formula is C15H26O7. The second-order valence-electron chi connectivity index (χ2n) is 3.18.